The Hall–Kier alpha value is -0.590. The minimum absolute atomic E-state index is 0.00579. The molecule has 0 aromatic carbocycles. The predicted octanol–water partition coefficient (Wildman–Crippen LogP) is 2.71. The van der Waals surface area contributed by atoms with Gasteiger partial charge in [0.2, 0.25) is 0 Å². The Morgan fingerprint density at radius 2 is 2.23 bits per heavy atom. The SMILES string of the molecule is C[C@]12CC[C@@H]3CCC[C@@]31C=CC2=O. The molecule has 2 saturated carbocycles. The lowest BCUT2D eigenvalue weighted by Crippen LogP contribution is -2.36. The van der Waals surface area contributed by atoms with Crippen molar-refractivity contribution in [3.05, 3.63) is 12.2 Å². The van der Waals surface area contributed by atoms with Gasteiger partial charge in [-0.05, 0) is 37.7 Å². The van der Waals surface area contributed by atoms with E-state index in [1.165, 1.54) is 25.7 Å². The first-order valence-corrected chi connectivity index (χ1v) is 5.43. The average Bonchev–Trinajstić information content (AvgIpc) is 2.68. The molecule has 13 heavy (non-hydrogen) atoms. The van der Waals surface area contributed by atoms with Crippen LogP contribution in [-0.2, 0) is 4.79 Å². The highest BCUT2D eigenvalue weighted by molar-refractivity contribution is 5.98. The molecule has 0 heterocycles. The summed E-state index contributed by atoms with van der Waals surface area (Å²) in [5, 5.41) is 0. The topological polar surface area (TPSA) is 17.1 Å². The molecule has 0 aliphatic heterocycles. The third kappa shape index (κ3) is 0.651. The van der Waals surface area contributed by atoms with Gasteiger partial charge in [0.05, 0.1) is 0 Å². The Balaban J connectivity index is 2.15. The second-order valence-corrected chi connectivity index (χ2v) is 5.20. The summed E-state index contributed by atoms with van der Waals surface area (Å²) in [6.07, 6.45) is 10.5. The Bertz CT molecular complexity index is 304. The van der Waals surface area contributed by atoms with Gasteiger partial charge in [-0.2, -0.15) is 0 Å². The van der Waals surface area contributed by atoms with Crippen LogP contribution < -0.4 is 0 Å². The number of rotatable bonds is 0. The summed E-state index contributed by atoms with van der Waals surface area (Å²) in [6.45, 7) is 2.20. The minimum Gasteiger partial charge on any atom is -0.294 e. The fraction of sp³-hybridized carbons (Fsp3) is 0.750. The highest BCUT2D eigenvalue weighted by Gasteiger charge is 2.62. The number of allylic oxidation sites excluding steroid dienone is 2. The van der Waals surface area contributed by atoms with Crippen molar-refractivity contribution in [2.45, 2.75) is 39.0 Å². The highest BCUT2D eigenvalue weighted by atomic mass is 16.1. The van der Waals surface area contributed by atoms with Crippen LogP contribution >= 0.6 is 0 Å². The van der Waals surface area contributed by atoms with Gasteiger partial charge in [0.25, 0.3) is 0 Å². The maximum atomic E-state index is 11.8. The number of carbonyl (C=O) groups excluding carboxylic acids is 1. The van der Waals surface area contributed by atoms with E-state index < -0.39 is 0 Å². The number of hydrogen-bond donors (Lipinski definition) is 0. The highest BCUT2D eigenvalue weighted by Crippen LogP contribution is 2.67. The van der Waals surface area contributed by atoms with E-state index in [9.17, 15) is 4.79 Å². The van der Waals surface area contributed by atoms with Crippen LogP contribution in [0.5, 0.6) is 0 Å². The molecule has 70 valence electrons. The summed E-state index contributed by atoms with van der Waals surface area (Å²) in [6, 6.07) is 0. The standard InChI is InChI=1S/C12H16O/c1-11-7-4-9-3-2-6-12(9,11)8-5-10(11)13/h5,8-9H,2-4,6-7H2,1H3/t9-,11+,12+/m0/s1. The van der Waals surface area contributed by atoms with E-state index in [1.54, 1.807) is 0 Å². The summed E-state index contributed by atoms with van der Waals surface area (Å²) in [7, 11) is 0. The smallest absolute Gasteiger partial charge is 0.162 e. The molecule has 0 saturated heterocycles. The maximum Gasteiger partial charge on any atom is 0.162 e. The second kappa shape index (κ2) is 2.08. The lowest BCUT2D eigenvalue weighted by Gasteiger charge is -2.35. The van der Waals surface area contributed by atoms with Crippen molar-refractivity contribution in [3.63, 3.8) is 0 Å². The Morgan fingerprint density at radius 3 is 3.08 bits per heavy atom. The molecular formula is C12H16O. The van der Waals surface area contributed by atoms with Gasteiger partial charge in [-0.15, -0.1) is 0 Å². The number of carbonyl (C=O) groups is 1. The minimum atomic E-state index is -0.00579. The van der Waals surface area contributed by atoms with Crippen LogP contribution in [0.3, 0.4) is 0 Å². The first-order valence-electron chi connectivity index (χ1n) is 5.43. The van der Waals surface area contributed by atoms with Gasteiger partial charge < -0.3 is 0 Å². The molecule has 0 radical (unpaired) electrons. The molecule has 3 aliphatic carbocycles. The number of hydrogen-bond acceptors (Lipinski definition) is 1. The first-order chi connectivity index (χ1) is 6.19. The normalized spacial score (nSPS) is 52.7. The summed E-state index contributed by atoms with van der Waals surface area (Å²) < 4.78 is 0. The third-order valence-corrected chi connectivity index (χ3v) is 4.97. The number of ketones is 1. The molecule has 3 aliphatic rings. The van der Waals surface area contributed by atoms with E-state index in [1.807, 2.05) is 6.08 Å². The Morgan fingerprint density at radius 1 is 1.38 bits per heavy atom. The van der Waals surface area contributed by atoms with Gasteiger partial charge in [0.1, 0.15) is 0 Å². The fourth-order valence-electron chi connectivity index (χ4n) is 4.09. The van der Waals surface area contributed by atoms with Crippen LogP contribution in [0.1, 0.15) is 39.0 Å². The van der Waals surface area contributed by atoms with Gasteiger partial charge in [-0.25, -0.2) is 0 Å². The Labute approximate surface area is 79.2 Å². The molecule has 0 amide bonds. The van der Waals surface area contributed by atoms with Crippen LogP contribution in [0, 0.1) is 16.7 Å². The largest absolute Gasteiger partial charge is 0.294 e. The van der Waals surface area contributed by atoms with Gasteiger partial charge in [-0.1, -0.05) is 19.4 Å². The molecule has 2 fully saturated rings. The van der Waals surface area contributed by atoms with Gasteiger partial charge in [0, 0.05) is 10.8 Å². The van der Waals surface area contributed by atoms with Crippen molar-refractivity contribution < 1.29 is 4.79 Å². The van der Waals surface area contributed by atoms with Crippen molar-refractivity contribution >= 4 is 5.78 Å². The predicted molar refractivity (Wildman–Crippen MR) is 51.3 cm³/mol. The van der Waals surface area contributed by atoms with Crippen LogP contribution in [0.15, 0.2) is 12.2 Å². The van der Waals surface area contributed by atoms with E-state index in [4.69, 9.17) is 0 Å². The molecular weight excluding hydrogens is 160 g/mol. The maximum absolute atomic E-state index is 11.8. The van der Waals surface area contributed by atoms with Crippen LogP contribution in [0.2, 0.25) is 0 Å². The third-order valence-electron chi connectivity index (χ3n) is 4.97. The van der Waals surface area contributed by atoms with Gasteiger partial charge >= 0.3 is 0 Å². The average molecular weight is 176 g/mol. The molecule has 0 aromatic heterocycles. The molecule has 0 aromatic rings. The van der Waals surface area contributed by atoms with E-state index in [0.717, 1.165) is 12.3 Å². The lowest BCUT2D eigenvalue weighted by atomic mass is 9.66. The van der Waals surface area contributed by atoms with Crippen LogP contribution in [0.25, 0.3) is 0 Å². The monoisotopic (exact) mass is 176 g/mol. The molecule has 3 atom stereocenters. The molecule has 1 nitrogen and oxygen atoms in total. The molecule has 1 spiro atoms. The zero-order valence-corrected chi connectivity index (χ0v) is 8.18. The summed E-state index contributed by atoms with van der Waals surface area (Å²) in [5.41, 5.74) is 0.290. The Kier molecular flexibility index (Phi) is 1.24. The molecule has 1 heteroatoms. The summed E-state index contributed by atoms with van der Waals surface area (Å²) in [4.78, 5) is 11.8. The van der Waals surface area contributed by atoms with Crippen molar-refractivity contribution in [2.24, 2.45) is 16.7 Å². The van der Waals surface area contributed by atoms with E-state index >= 15 is 0 Å². The second-order valence-electron chi connectivity index (χ2n) is 5.20. The van der Waals surface area contributed by atoms with E-state index in [-0.39, 0.29) is 5.41 Å². The van der Waals surface area contributed by atoms with E-state index in [0.29, 0.717) is 11.2 Å². The van der Waals surface area contributed by atoms with Crippen molar-refractivity contribution in [1.82, 2.24) is 0 Å². The molecule has 0 bridgehead atoms. The van der Waals surface area contributed by atoms with E-state index in [2.05, 4.69) is 13.0 Å². The van der Waals surface area contributed by atoms with Gasteiger partial charge in [0.15, 0.2) is 5.78 Å². The van der Waals surface area contributed by atoms with Crippen molar-refractivity contribution in [3.8, 4) is 0 Å². The fourth-order valence-corrected chi connectivity index (χ4v) is 4.09. The molecule has 0 N–H and O–H groups in total. The lowest BCUT2D eigenvalue weighted by molar-refractivity contribution is -0.125. The summed E-state index contributed by atoms with van der Waals surface area (Å²) in [5.74, 6) is 1.22. The molecule has 3 rings (SSSR count). The molecule has 0 unspecified atom stereocenters. The zero-order chi connectivity index (χ0) is 9.10. The van der Waals surface area contributed by atoms with Gasteiger partial charge in [-0.3, -0.25) is 4.79 Å². The van der Waals surface area contributed by atoms with Crippen LogP contribution in [-0.4, -0.2) is 5.78 Å². The quantitative estimate of drug-likeness (QED) is 0.554. The van der Waals surface area contributed by atoms with Crippen LogP contribution in [0.4, 0.5) is 0 Å². The summed E-state index contributed by atoms with van der Waals surface area (Å²) >= 11 is 0. The zero-order valence-electron chi connectivity index (χ0n) is 8.18. The first kappa shape index (κ1) is 7.78. The van der Waals surface area contributed by atoms with Crippen molar-refractivity contribution in [2.75, 3.05) is 0 Å². The van der Waals surface area contributed by atoms with Crippen molar-refractivity contribution in [1.29, 1.82) is 0 Å².